The maximum Gasteiger partial charge on any atom is 0.411 e. The van der Waals surface area contributed by atoms with Gasteiger partial charge in [-0.15, -0.1) is 0 Å². The van der Waals surface area contributed by atoms with Crippen LogP contribution >= 0.6 is 15.9 Å². The quantitative estimate of drug-likeness (QED) is 0.0619. The number of benzene rings is 11. The first-order chi connectivity index (χ1) is 58.9. The zero-order valence-electron chi connectivity index (χ0n) is 64.7. The number of carbonyl (C=O) groups is 8. The summed E-state index contributed by atoms with van der Waals surface area (Å²) in [5.74, 6) is -7.97. The number of aromatic nitrogens is 2. The molecule has 0 unspecified atom stereocenters. The van der Waals surface area contributed by atoms with Crippen LogP contribution in [0.5, 0.6) is 11.5 Å². The lowest BCUT2D eigenvalue weighted by molar-refractivity contribution is -0.290. The summed E-state index contributed by atoms with van der Waals surface area (Å²) in [5, 5.41) is 0. The van der Waals surface area contributed by atoms with E-state index in [0.717, 1.165) is 44.9 Å². The second-order valence-electron chi connectivity index (χ2n) is 29.9. The number of pyridine rings is 2. The van der Waals surface area contributed by atoms with Gasteiger partial charge in [0.25, 0.3) is 47.3 Å². The Balaban J connectivity index is 0.619. The van der Waals surface area contributed by atoms with Crippen molar-refractivity contribution in [2.45, 2.75) is 49.0 Å². The molecule has 2 aromatic heterocycles. The molecule has 618 valence electrons. The van der Waals surface area contributed by atoms with E-state index in [4.69, 9.17) is 19.4 Å². The molecule has 0 aliphatic carbocycles. The minimum atomic E-state index is -6.28. The van der Waals surface area contributed by atoms with Gasteiger partial charge in [-0.25, -0.2) is 19.8 Å². The molecule has 29 heteroatoms. The summed E-state index contributed by atoms with van der Waals surface area (Å²) in [7, 11) is 4.09. The summed E-state index contributed by atoms with van der Waals surface area (Å²) in [4.78, 5) is 123. The van der Waals surface area contributed by atoms with E-state index >= 15 is 52.7 Å². The van der Waals surface area contributed by atoms with Gasteiger partial charge in [-0.05, 0) is 189 Å². The molecule has 8 amide bonds. The Kier molecular flexibility index (Phi) is 19.8. The van der Waals surface area contributed by atoms with Crippen LogP contribution in [0.1, 0.15) is 116 Å². The minimum Gasteiger partial charge on any atom is -0.493 e. The molecule has 11 aromatic carbocycles. The number of hydrogen-bond donors (Lipinski definition) is 0. The minimum absolute atomic E-state index is 0.0762. The number of methoxy groups -OCH3 is 2. The maximum atomic E-state index is 16.1. The maximum absolute atomic E-state index is 16.1. The summed E-state index contributed by atoms with van der Waals surface area (Å²) >= 11 is 3.43. The summed E-state index contributed by atoms with van der Waals surface area (Å²) < 4.78 is 201. The number of ether oxygens (including phenoxy) is 2. The Labute approximate surface area is 704 Å². The van der Waals surface area contributed by atoms with E-state index in [9.17, 15) is 38.4 Å². The Morgan fingerprint density at radius 3 is 0.968 bits per heavy atom. The highest BCUT2D eigenvalue weighted by atomic mass is 79.9. The number of anilines is 2. The first-order valence-corrected chi connectivity index (χ1v) is 38.5. The lowest BCUT2D eigenvalue weighted by atomic mass is 9.71. The fraction of sp³-hybridized carbons (Fsp3) is 0.116. The monoisotopic (exact) mass is 1750 g/mol. The van der Waals surface area contributed by atoms with E-state index in [1.54, 1.807) is 80.9 Å². The Bertz CT molecular complexity index is 6690. The van der Waals surface area contributed by atoms with Crippen LogP contribution in [0.15, 0.2) is 265 Å². The van der Waals surface area contributed by atoms with Gasteiger partial charge >= 0.3 is 24.7 Å². The van der Waals surface area contributed by atoms with E-state index < -0.39 is 156 Å². The molecule has 16 nitrogen and oxygen atoms in total. The molecule has 0 saturated carbocycles. The van der Waals surface area contributed by atoms with Crippen molar-refractivity contribution in [3.8, 4) is 89.9 Å². The number of hydrogen-bond acceptors (Lipinski definition) is 12. The van der Waals surface area contributed by atoms with Crippen LogP contribution in [0.25, 0.3) is 78.4 Å². The molecule has 0 fully saturated rings. The number of rotatable bonds is 17. The Morgan fingerprint density at radius 1 is 0.298 bits per heavy atom. The molecule has 0 atom stereocenters. The number of amides is 8. The van der Waals surface area contributed by atoms with Crippen molar-refractivity contribution in [2.75, 3.05) is 31.1 Å². The predicted octanol–water partition coefficient (Wildman–Crippen LogP) is 21.7. The summed E-state index contributed by atoms with van der Waals surface area (Å²) in [6.45, 7) is 1.39. The lowest BCUT2D eigenvalue weighted by Crippen LogP contribution is -2.55. The normalized spacial score (nSPS) is 14.3. The molecule has 4 aliphatic heterocycles. The van der Waals surface area contributed by atoms with Crippen LogP contribution in [0, 0.1) is 6.92 Å². The molecular weight excluding hydrogens is 1690 g/mol. The third-order valence-electron chi connectivity index (χ3n) is 22.8. The van der Waals surface area contributed by atoms with Gasteiger partial charge in [0.05, 0.1) is 99.4 Å². The molecule has 0 bridgehead atoms. The number of alkyl halides is 12. The van der Waals surface area contributed by atoms with Crippen molar-refractivity contribution in [1.29, 1.82) is 0 Å². The molecule has 0 spiro atoms. The molecular formula is C95H57BrF12N6O10. The predicted molar refractivity (Wildman–Crippen MR) is 437 cm³/mol. The summed E-state index contributed by atoms with van der Waals surface area (Å²) in [5.41, 5.74) is -11.8. The molecule has 4 aliphatic rings. The topological polar surface area (TPSA) is 194 Å². The number of fused-ring (bicyclic) bond motifs is 4. The molecule has 124 heavy (non-hydrogen) atoms. The van der Waals surface area contributed by atoms with Crippen molar-refractivity contribution in [1.82, 2.24) is 19.8 Å². The molecule has 17 rings (SSSR count). The average molecular weight is 1750 g/mol. The number of carbonyl (C=O) groups excluding carboxylic acids is 8. The number of nitrogens with zero attached hydrogens (tertiary/aromatic N) is 6. The van der Waals surface area contributed by atoms with Gasteiger partial charge in [0.15, 0.2) is 11.5 Å². The van der Waals surface area contributed by atoms with Gasteiger partial charge in [-0.1, -0.05) is 161 Å². The first-order valence-electron chi connectivity index (χ1n) is 37.7. The molecule has 13 aromatic rings. The van der Waals surface area contributed by atoms with Gasteiger partial charge < -0.3 is 9.47 Å². The highest BCUT2D eigenvalue weighted by Gasteiger charge is 2.74. The SMILES string of the molecule is COc1ccc(-c2ccc(-c3cc(-c4ccc(C)cc4)nc(-c4ccc(N5C(=O)c6ccc(C(c7ccc8c(c7)C(=O)N(Cc7ccc(-c9cc(-c%10ccc(Br)cc%10)cc(-c%10ccc(N%11C(=O)c%12ccc(C(c%13ccc%14c(c%13)C(=O)N(C)C%14=O)(C(F)(F)F)C(F)(F)F)cc%12C%11=O)cc%10)n9)cc7)C8=O)(C(F)(F)F)C(F)(F)F)cc6C5=O)cc4)c3)cc2)cc1OC. The van der Waals surface area contributed by atoms with Crippen LogP contribution in [0.2, 0.25) is 0 Å². The highest BCUT2D eigenvalue weighted by molar-refractivity contribution is 9.10. The molecule has 6 heterocycles. The second-order valence-corrected chi connectivity index (χ2v) is 30.8. The average Bonchev–Trinajstić information content (AvgIpc) is 1.21. The zero-order valence-corrected chi connectivity index (χ0v) is 66.3. The fourth-order valence-electron chi connectivity index (χ4n) is 16.4. The van der Waals surface area contributed by atoms with Gasteiger partial charge in [0, 0.05) is 33.8 Å². The van der Waals surface area contributed by atoms with Crippen molar-refractivity contribution < 1.29 is 101 Å². The van der Waals surface area contributed by atoms with E-state index in [-0.39, 0.29) is 22.6 Å². The fourth-order valence-corrected chi connectivity index (χ4v) is 16.7. The van der Waals surface area contributed by atoms with Crippen LogP contribution in [0.4, 0.5) is 64.1 Å². The number of imide groups is 4. The standard InChI is InChI=1S/C95H57BrF12N6O10/c1-49-5-9-54(10-6-49)76-39-59(52-15-13-51(14-16-52)58-23-38-80(123-3)81(43-58)124-4)40-78(109-76)56-19-30-66(31-20-56)114-87(120)71-37-27-64(47-75(71)89(114)122)91(94(103,104)105,95(106,107)108)62-25-35-69-73(45-62)85(118)112(84(69)117)48-50-7-11-55(12-8-50)77-41-60(53-17-28-65(96)29-18-53)42-79(110-77)57-21-32-67(33-22-57)113-86(119)70-36-26-63(46-74(70)88(113)121)90(92(97,98)99,93(100,101)102)61-24-34-68-72(44-61)83(116)111(2)82(68)115/h5-47H,48H2,1-4H3. The molecule has 0 N–H and O–H groups in total. The third-order valence-corrected chi connectivity index (χ3v) is 23.3. The van der Waals surface area contributed by atoms with Gasteiger partial charge in [0.2, 0.25) is 10.8 Å². The molecule has 0 radical (unpaired) electrons. The summed E-state index contributed by atoms with van der Waals surface area (Å²) in [6.07, 6.45) is -25.0. The van der Waals surface area contributed by atoms with Crippen molar-refractivity contribution in [3.05, 3.63) is 343 Å². The number of aryl methyl sites for hydroxylation is 1. The Morgan fingerprint density at radius 2 is 0.589 bits per heavy atom. The van der Waals surface area contributed by atoms with E-state index in [0.29, 0.717) is 149 Å². The van der Waals surface area contributed by atoms with E-state index in [1.165, 1.54) is 48.5 Å². The smallest absolute Gasteiger partial charge is 0.411 e. The first kappa shape index (κ1) is 81.9. The van der Waals surface area contributed by atoms with Gasteiger partial charge in [0.1, 0.15) is 0 Å². The zero-order chi connectivity index (χ0) is 87.9. The van der Waals surface area contributed by atoms with Crippen molar-refractivity contribution in [3.63, 3.8) is 0 Å². The Hall–Kier alpha value is -14.5. The third kappa shape index (κ3) is 13.3. The summed E-state index contributed by atoms with van der Waals surface area (Å²) in [6, 6.07) is 58.6. The largest absolute Gasteiger partial charge is 0.493 e. The van der Waals surface area contributed by atoms with Crippen LogP contribution < -0.4 is 19.3 Å². The molecule has 0 saturated heterocycles. The van der Waals surface area contributed by atoms with Crippen molar-refractivity contribution in [2.24, 2.45) is 0 Å². The van der Waals surface area contributed by atoms with Crippen LogP contribution in [0.3, 0.4) is 0 Å². The lowest BCUT2D eigenvalue weighted by Gasteiger charge is -2.38. The number of halogens is 13. The van der Waals surface area contributed by atoms with Gasteiger partial charge in [-0.3, -0.25) is 48.2 Å². The second kappa shape index (κ2) is 30.0. The van der Waals surface area contributed by atoms with Gasteiger partial charge in [-0.2, -0.15) is 52.7 Å². The van der Waals surface area contributed by atoms with E-state index in [1.807, 2.05) is 79.7 Å². The highest BCUT2D eigenvalue weighted by Crippen LogP contribution is 2.60. The van der Waals surface area contributed by atoms with Crippen molar-refractivity contribution >= 4 is 74.6 Å². The van der Waals surface area contributed by atoms with E-state index in [2.05, 4.69) is 15.9 Å². The van der Waals surface area contributed by atoms with Crippen LogP contribution in [-0.2, 0) is 17.4 Å². The van der Waals surface area contributed by atoms with Crippen LogP contribution in [-0.4, -0.2) is 113 Å².